The predicted molar refractivity (Wildman–Crippen MR) is 129 cm³/mol. The number of aryl methyl sites for hydroxylation is 3. The third kappa shape index (κ3) is 5.06. The van der Waals surface area contributed by atoms with Gasteiger partial charge in [-0.15, -0.1) is 0 Å². The van der Waals surface area contributed by atoms with Crippen LogP contribution in [-0.2, 0) is 6.54 Å². The highest BCUT2D eigenvalue weighted by Crippen LogP contribution is 2.31. The first-order valence-electron chi connectivity index (χ1n) is 11.1. The number of benzene rings is 3. The second-order valence-corrected chi connectivity index (χ2v) is 8.66. The van der Waals surface area contributed by atoms with Gasteiger partial charge in [0.2, 0.25) is 0 Å². The lowest BCUT2D eigenvalue weighted by Crippen LogP contribution is -2.49. The fourth-order valence-electron chi connectivity index (χ4n) is 4.35. The fraction of sp³-hybridized carbons (Fsp3) is 0.259. The van der Waals surface area contributed by atoms with Crippen molar-refractivity contribution < 1.29 is 14.0 Å². The average molecular weight is 446 g/mol. The summed E-state index contributed by atoms with van der Waals surface area (Å²) in [6, 6.07) is 17.6. The molecule has 0 spiro atoms. The van der Waals surface area contributed by atoms with E-state index in [1.54, 1.807) is 17.0 Å². The molecule has 1 aliphatic rings. The maximum Gasteiger partial charge on any atom is 0.324 e. The lowest BCUT2D eigenvalue weighted by Gasteiger charge is -2.36. The van der Waals surface area contributed by atoms with Crippen LogP contribution in [0, 0.1) is 26.6 Å². The number of amides is 3. The molecular weight excluding hydrogens is 417 g/mol. The van der Waals surface area contributed by atoms with Crippen molar-refractivity contribution in [2.24, 2.45) is 0 Å². The van der Waals surface area contributed by atoms with Crippen molar-refractivity contribution in [3.63, 3.8) is 0 Å². The van der Waals surface area contributed by atoms with Gasteiger partial charge < -0.3 is 10.2 Å². The Kier molecular flexibility index (Phi) is 6.45. The standard InChI is InChI=1S/C27H28FN3O2/c1-18-9-10-25(24(16-18)29-26(32)22-7-4-5-8-23(22)28)31-12-6-11-30(27(31)33)17-21-14-19(2)13-20(3)15-21/h4-5,7-10,13-16H,6,11-12,17H2,1-3H3,(H,29,32). The summed E-state index contributed by atoms with van der Waals surface area (Å²) in [5.41, 5.74) is 5.43. The van der Waals surface area contributed by atoms with E-state index in [0.717, 1.165) is 17.5 Å². The van der Waals surface area contributed by atoms with Crippen molar-refractivity contribution in [2.75, 3.05) is 23.3 Å². The normalized spacial score (nSPS) is 13.9. The maximum absolute atomic E-state index is 14.1. The highest BCUT2D eigenvalue weighted by molar-refractivity contribution is 6.07. The molecule has 6 heteroatoms. The zero-order chi connectivity index (χ0) is 23.5. The number of hydrogen-bond donors (Lipinski definition) is 1. The topological polar surface area (TPSA) is 52.6 Å². The summed E-state index contributed by atoms with van der Waals surface area (Å²) >= 11 is 0. The van der Waals surface area contributed by atoms with Crippen molar-refractivity contribution in [1.82, 2.24) is 4.90 Å². The van der Waals surface area contributed by atoms with Crippen LogP contribution in [0.3, 0.4) is 0 Å². The number of hydrogen-bond acceptors (Lipinski definition) is 2. The zero-order valence-corrected chi connectivity index (χ0v) is 19.2. The molecule has 170 valence electrons. The molecule has 0 saturated carbocycles. The Labute approximate surface area is 193 Å². The molecule has 4 rings (SSSR count). The van der Waals surface area contributed by atoms with Gasteiger partial charge in [-0.1, -0.05) is 47.5 Å². The van der Waals surface area contributed by atoms with Gasteiger partial charge in [-0.2, -0.15) is 0 Å². The van der Waals surface area contributed by atoms with Gasteiger partial charge in [0.15, 0.2) is 0 Å². The average Bonchev–Trinajstić information content (AvgIpc) is 2.75. The van der Waals surface area contributed by atoms with Gasteiger partial charge in [0, 0.05) is 19.6 Å². The van der Waals surface area contributed by atoms with E-state index in [0.29, 0.717) is 31.0 Å². The van der Waals surface area contributed by atoms with Crippen molar-refractivity contribution in [2.45, 2.75) is 33.7 Å². The summed E-state index contributed by atoms with van der Waals surface area (Å²) in [5, 5.41) is 2.81. The fourth-order valence-corrected chi connectivity index (χ4v) is 4.35. The molecule has 0 atom stereocenters. The largest absolute Gasteiger partial charge is 0.324 e. The van der Waals surface area contributed by atoms with Crippen LogP contribution in [0.1, 0.15) is 39.0 Å². The molecule has 33 heavy (non-hydrogen) atoms. The van der Waals surface area contributed by atoms with Crippen LogP contribution < -0.4 is 10.2 Å². The molecule has 0 aliphatic carbocycles. The van der Waals surface area contributed by atoms with Crippen LogP contribution >= 0.6 is 0 Å². The van der Waals surface area contributed by atoms with E-state index in [1.165, 1.54) is 23.3 Å². The maximum atomic E-state index is 14.1. The second kappa shape index (κ2) is 9.45. The lowest BCUT2D eigenvalue weighted by molar-refractivity contribution is 0.102. The number of rotatable bonds is 5. The van der Waals surface area contributed by atoms with Crippen molar-refractivity contribution >= 4 is 23.3 Å². The van der Waals surface area contributed by atoms with E-state index in [4.69, 9.17) is 0 Å². The quantitative estimate of drug-likeness (QED) is 0.537. The van der Waals surface area contributed by atoms with Crippen LogP contribution in [0.15, 0.2) is 60.7 Å². The Morgan fingerprint density at radius 2 is 1.67 bits per heavy atom. The van der Waals surface area contributed by atoms with Crippen molar-refractivity contribution in [1.29, 1.82) is 0 Å². The summed E-state index contributed by atoms with van der Waals surface area (Å²) in [4.78, 5) is 29.7. The molecule has 0 unspecified atom stereocenters. The molecule has 1 heterocycles. The monoisotopic (exact) mass is 445 g/mol. The molecule has 1 saturated heterocycles. The van der Waals surface area contributed by atoms with E-state index >= 15 is 0 Å². The Morgan fingerprint density at radius 3 is 2.39 bits per heavy atom. The lowest BCUT2D eigenvalue weighted by atomic mass is 10.1. The molecule has 3 aromatic carbocycles. The first kappa shape index (κ1) is 22.5. The molecule has 0 bridgehead atoms. The van der Waals surface area contributed by atoms with Crippen molar-refractivity contribution in [3.8, 4) is 0 Å². The minimum Gasteiger partial charge on any atom is -0.320 e. The van der Waals surface area contributed by atoms with Crippen LogP contribution in [0.25, 0.3) is 0 Å². The first-order chi connectivity index (χ1) is 15.8. The highest BCUT2D eigenvalue weighted by Gasteiger charge is 2.29. The van der Waals surface area contributed by atoms with Gasteiger partial charge in [0.1, 0.15) is 5.82 Å². The number of anilines is 2. The second-order valence-electron chi connectivity index (χ2n) is 8.66. The Balaban J connectivity index is 1.59. The number of halogens is 1. The van der Waals surface area contributed by atoms with E-state index in [9.17, 15) is 14.0 Å². The highest BCUT2D eigenvalue weighted by atomic mass is 19.1. The summed E-state index contributed by atoms with van der Waals surface area (Å²) in [5.74, 6) is -1.13. The van der Waals surface area contributed by atoms with E-state index in [2.05, 4.69) is 37.4 Å². The zero-order valence-electron chi connectivity index (χ0n) is 19.2. The smallest absolute Gasteiger partial charge is 0.320 e. The molecule has 0 aromatic heterocycles. The molecule has 1 fully saturated rings. The van der Waals surface area contributed by atoms with Crippen LogP contribution in [0.2, 0.25) is 0 Å². The number of carbonyl (C=O) groups excluding carboxylic acids is 2. The summed E-state index contributed by atoms with van der Waals surface area (Å²) in [6.07, 6.45) is 0.811. The Morgan fingerprint density at radius 1 is 0.939 bits per heavy atom. The Hall–Kier alpha value is -3.67. The van der Waals surface area contributed by atoms with Crippen LogP contribution in [-0.4, -0.2) is 29.9 Å². The van der Waals surface area contributed by atoms with Gasteiger partial charge in [0.25, 0.3) is 5.91 Å². The van der Waals surface area contributed by atoms with E-state index in [1.807, 2.05) is 30.0 Å². The van der Waals surface area contributed by atoms with Crippen LogP contribution in [0.5, 0.6) is 0 Å². The number of carbonyl (C=O) groups is 2. The van der Waals surface area contributed by atoms with Crippen molar-refractivity contribution in [3.05, 3.63) is 94.3 Å². The van der Waals surface area contributed by atoms with Crippen LogP contribution in [0.4, 0.5) is 20.6 Å². The van der Waals surface area contributed by atoms with E-state index in [-0.39, 0.29) is 11.6 Å². The van der Waals surface area contributed by atoms with Gasteiger partial charge >= 0.3 is 6.03 Å². The minimum atomic E-state index is -0.585. The van der Waals surface area contributed by atoms with Gasteiger partial charge in [-0.05, 0) is 62.6 Å². The first-order valence-corrected chi connectivity index (χ1v) is 11.1. The molecule has 5 nitrogen and oxygen atoms in total. The summed E-state index contributed by atoms with van der Waals surface area (Å²) in [7, 11) is 0. The number of nitrogens with zero attached hydrogens (tertiary/aromatic N) is 2. The summed E-state index contributed by atoms with van der Waals surface area (Å²) < 4.78 is 14.1. The Bertz CT molecular complexity index is 1190. The number of urea groups is 1. The van der Waals surface area contributed by atoms with Gasteiger partial charge in [0.05, 0.1) is 16.9 Å². The SMILES string of the molecule is Cc1cc(C)cc(CN2CCCN(c3ccc(C)cc3NC(=O)c3ccccc3F)C2=O)c1. The number of nitrogens with one attached hydrogen (secondary N) is 1. The minimum absolute atomic E-state index is 0.0358. The molecule has 3 amide bonds. The third-order valence-electron chi connectivity index (χ3n) is 5.78. The molecule has 0 radical (unpaired) electrons. The summed E-state index contributed by atoms with van der Waals surface area (Å²) in [6.45, 7) is 7.77. The third-order valence-corrected chi connectivity index (χ3v) is 5.78. The van der Waals surface area contributed by atoms with E-state index < -0.39 is 11.7 Å². The predicted octanol–water partition coefficient (Wildman–Crippen LogP) is 5.84. The molecule has 3 aromatic rings. The van der Waals surface area contributed by atoms with Gasteiger partial charge in [-0.3, -0.25) is 9.69 Å². The van der Waals surface area contributed by atoms with Gasteiger partial charge in [-0.25, -0.2) is 9.18 Å². The molecular formula is C27H28FN3O2. The molecule has 1 aliphatic heterocycles. The molecule has 1 N–H and O–H groups in total.